The van der Waals surface area contributed by atoms with Gasteiger partial charge in [-0.15, -0.1) is 0 Å². The molecule has 0 spiro atoms. The molecule has 0 saturated carbocycles. The summed E-state index contributed by atoms with van der Waals surface area (Å²) in [7, 11) is -4.79. The lowest BCUT2D eigenvalue weighted by atomic mass is 10.1. The number of hydrogen-bond donors (Lipinski definition) is 3. The highest BCUT2D eigenvalue weighted by Gasteiger charge is 2.22. The van der Waals surface area contributed by atoms with Crippen molar-refractivity contribution in [1.82, 2.24) is 0 Å². The van der Waals surface area contributed by atoms with E-state index in [2.05, 4.69) is 48.8 Å². The zero-order valence-corrected chi connectivity index (χ0v) is 33.9. The van der Waals surface area contributed by atoms with Crippen molar-refractivity contribution in [1.29, 1.82) is 0 Å². The zero-order chi connectivity index (χ0) is 39.1. The minimum Gasteiger partial charge on any atom is -0.462 e. The monoisotopic (exact) mass is 764 g/mol. The van der Waals surface area contributed by atoms with Gasteiger partial charge in [0.2, 0.25) is 0 Å². The van der Waals surface area contributed by atoms with E-state index >= 15 is 0 Å². The van der Waals surface area contributed by atoms with Gasteiger partial charge in [0.05, 0.1) is 12.7 Å². The fraction of sp³-hybridized carbons (Fsp3) is 0.674. The van der Waals surface area contributed by atoms with E-state index in [4.69, 9.17) is 19.3 Å². The fourth-order valence-corrected chi connectivity index (χ4v) is 5.54. The normalized spacial score (nSPS) is 13.8. The number of phosphoric acid groups is 1. The van der Waals surface area contributed by atoms with Crippen molar-refractivity contribution >= 4 is 19.8 Å². The molecular weight excluding hydrogens is 691 g/mol. The Hall–Kier alpha value is -2.55. The Balaban J connectivity index is 4.12. The van der Waals surface area contributed by atoms with Crippen LogP contribution in [0.1, 0.15) is 162 Å². The Bertz CT molecular complexity index is 1100. The average molecular weight is 765 g/mol. The second kappa shape index (κ2) is 37.8. The molecule has 9 nitrogen and oxygen atoms in total. The van der Waals surface area contributed by atoms with Gasteiger partial charge in [0, 0.05) is 12.8 Å². The summed E-state index contributed by atoms with van der Waals surface area (Å²) in [5.74, 6) is -1.01. The molecule has 0 radical (unpaired) electrons. The standard InChI is InChI=1S/C43H73O9P/c1-3-5-7-9-11-12-13-14-15-16-17-18-19-20-24-28-32-36-42(45)50-38-41(39-51-53(47,48)49)52-43(46)37-33-29-25-21-23-27-31-35-40(44)34-30-26-22-10-8-6-4-2/h11-12,14-15,21-22,25-27,30-31,34,40-41,44H,3-10,13,16-20,23-24,28-29,32-33,35-39H2,1-2H3,(H2,47,48,49)/b12-11-,15-14-,25-21+,26-22-,31-27-,34-30-/t40-,41+/m0/s1. The average Bonchev–Trinajstić information content (AvgIpc) is 3.12. The lowest BCUT2D eigenvalue weighted by Gasteiger charge is -2.18. The van der Waals surface area contributed by atoms with E-state index in [1.54, 1.807) is 6.08 Å². The second-order valence-corrected chi connectivity index (χ2v) is 14.7. The molecule has 0 bridgehead atoms. The smallest absolute Gasteiger partial charge is 0.462 e. The number of aliphatic hydroxyl groups is 1. The summed E-state index contributed by atoms with van der Waals surface area (Å²) >= 11 is 0. The number of carbonyl (C=O) groups is 2. The molecule has 304 valence electrons. The Morgan fingerprint density at radius 2 is 1.09 bits per heavy atom. The number of rotatable bonds is 36. The maximum Gasteiger partial charge on any atom is 0.469 e. The quantitative estimate of drug-likeness (QED) is 0.0187. The summed E-state index contributed by atoms with van der Waals surface area (Å²) in [6.07, 6.45) is 45.0. The van der Waals surface area contributed by atoms with Crippen molar-refractivity contribution in [2.24, 2.45) is 0 Å². The Morgan fingerprint density at radius 3 is 1.70 bits per heavy atom. The molecule has 0 aliphatic heterocycles. The zero-order valence-electron chi connectivity index (χ0n) is 33.0. The fourth-order valence-electron chi connectivity index (χ4n) is 5.18. The summed E-state index contributed by atoms with van der Waals surface area (Å²) < 4.78 is 26.3. The van der Waals surface area contributed by atoms with Crippen LogP contribution in [0.5, 0.6) is 0 Å². The van der Waals surface area contributed by atoms with Gasteiger partial charge in [0.1, 0.15) is 6.61 Å². The van der Waals surface area contributed by atoms with Gasteiger partial charge in [-0.2, -0.15) is 0 Å². The number of hydrogen-bond acceptors (Lipinski definition) is 7. The lowest BCUT2D eigenvalue weighted by Crippen LogP contribution is -2.29. The number of phosphoric ester groups is 1. The van der Waals surface area contributed by atoms with Gasteiger partial charge < -0.3 is 24.4 Å². The molecule has 0 saturated heterocycles. The van der Waals surface area contributed by atoms with Crippen LogP contribution in [-0.2, 0) is 28.2 Å². The summed E-state index contributed by atoms with van der Waals surface area (Å²) in [6.45, 7) is 3.49. The van der Waals surface area contributed by atoms with Crippen LogP contribution in [0.2, 0.25) is 0 Å². The third kappa shape index (κ3) is 40.5. The molecule has 0 aromatic heterocycles. The molecular formula is C43H73O9P. The van der Waals surface area contributed by atoms with E-state index in [0.717, 1.165) is 38.5 Å². The largest absolute Gasteiger partial charge is 0.469 e. The highest BCUT2D eigenvalue weighted by atomic mass is 31.2. The minimum absolute atomic E-state index is 0.0969. The van der Waals surface area contributed by atoms with Crippen LogP contribution in [0.3, 0.4) is 0 Å². The van der Waals surface area contributed by atoms with Gasteiger partial charge >= 0.3 is 19.8 Å². The molecule has 0 aromatic rings. The van der Waals surface area contributed by atoms with E-state index in [0.29, 0.717) is 32.1 Å². The van der Waals surface area contributed by atoms with E-state index in [1.165, 1.54) is 64.2 Å². The number of allylic oxidation sites excluding steroid dienone is 10. The van der Waals surface area contributed by atoms with Crippen molar-refractivity contribution in [3.05, 3.63) is 72.9 Å². The number of esters is 2. The number of carbonyl (C=O) groups excluding carboxylic acids is 2. The molecule has 2 atom stereocenters. The maximum absolute atomic E-state index is 12.4. The molecule has 0 amide bonds. The number of ether oxygens (including phenoxy) is 2. The molecule has 0 aromatic carbocycles. The van der Waals surface area contributed by atoms with Crippen molar-refractivity contribution < 1.29 is 43.0 Å². The topological polar surface area (TPSA) is 140 Å². The lowest BCUT2D eigenvalue weighted by molar-refractivity contribution is -0.161. The molecule has 0 fully saturated rings. The predicted molar refractivity (Wildman–Crippen MR) is 217 cm³/mol. The van der Waals surface area contributed by atoms with E-state index < -0.39 is 38.6 Å². The van der Waals surface area contributed by atoms with Gasteiger partial charge in [0.15, 0.2) is 6.10 Å². The van der Waals surface area contributed by atoms with Crippen molar-refractivity contribution in [3.8, 4) is 0 Å². The first kappa shape index (κ1) is 50.5. The van der Waals surface area contributed by atoms with E-state index in [9.17, 15) is 19.3 Å². The summed E-state index contributed by atoms with van der Waals surface area (Å²) in [5.41, 5.74) is 0. The summed E-state index contributed by atoms with van der Waals surface area (Å²) in [5, 5.41) is 10.0. The minimum atomic E-state index is -4.79. The molecule has 0 aliphatic carbocycles. The summed E-state index contributed by atoms with van der Waals surface area (Å²) in [6, 6.07) is 0. The van der Waals surface area contributed by atoms with E-state index in [-0.39, 0.29) is 19.4 Å². The molecule has 10 heteroatoms. The van der Waals surface area contributed by atoms with Gasteiger partial charge in [-0.3, -0.25) is 14.1 Å². The third-order valence-electron chi connectivity index (χ3n) is 8.28. The predicted octanol–water partition coefficient (Wildman–Crippen LogP) is 11.3. The van der Waals surface area contributed by atoms with Crippen LogP contribution in [-0.4, -0.2) is 52.3 Å². The number of aliphatic hydroxyl groups excluding tert-OH is 1. The molecule has 0 aliphatic rings. The first-order valence-corrected chi connectivity index (χ1v) is 21.9. The molecule has 0 unspecified atom stereocenters. The maximum atomic E-state index is 12.4. The highest BCUT2D eigenvalue weighted by Crippen LogP contribution is 2.36. The molecule has 53 heavy (non-hydrogen) atoms. The molecule has 0 heterocycles. The highest BCUT2D eigenvalue weighted by molar-refractivity contribution is 7.46. The van der Waals surface area contributed by atoms with Crippen LogP contribution in [0.25, 0.3) is 0 Å². The molecule has 3 N–H and O–H groups in total. The SMILES string of the molecule is CCCCC/C=C\C=C/[C@H](O)C/C=C\C/C=C/CCCC(=O)O[C@H](COC(=O)CCCCCCCCC/C=C\C/C=C\CCCCC)COP(=O)(O)O. The van der Waals surface area contributed by atoms with Crippen molar-refractivity contribution in [2.45, 2.75) is 174 Å². The van der Waals surface area contributed by atoms with Gasteiger partial charge in [-0.1, -0.05) is 145 Å². The summed E-state index contributed by atoms with van der Waals surface area (Å²) in [4.78, 5) is 42.8. The van der Waals surface area contributed by atoms with E-state index in [1.807, 2.05) is 36.5 Å². The Kier molecular flexibility index (Phi) is 35.9. The van der Waals surface area contributed by atoms with Crippen LogP contribution in [0, 0.1) is 0 Å². The van der Waals surface area contributed by atoms with Crippen LogP contribution >= 0.6 is 7.82 Å². The van der Waals surface area contributed by atoms with Gasteiger partial charge in [-0.05, 0) is 77.0 Å². The van der Waals surface area contributed by atoms with Crippen molar-refractivity contribution in [2.75, 3.05) is 13.2 Å². The van der Waals surface area contributed by atoms with Crippen LogP contribution in [0.4, 0.5) is 0 Å². The van der Waals surface area contributed by atoms with Gasteiger partial charge in [0.25, 0.3) is 0 Å². The second-order valence-electron chi connectivity index (χ2n) is 13.5. The first-order valence-electron chi connectivity index (χ1n) is 20.3. The Morgan fingerprint density at radius 1 is 0.585 bits per heavy atom. The number of unbranched alkanes of at least 4 members (excludes halogenated alkanes) is 14. The third-order valence-corrected chi connectivity index (χ3v) is 8.76. The first-order chi connectivity index (χ1) is 25.7. The van der Waals surface area contributed by atoms with Crippen molar-refractivity contribution in [3.63, 3.8) is 0 Å². The Labute approximate surface area is 322 Å². The van der Waals surface area contributed by atoms with Crippen LogP contribution < -0.4 is 0 Å². The van der Waals surface area contributed by atoms with Crippen LogP contribution in [0.15, 0.2) is 72.9 Å². The molecule has 0 rings (SSSR count). The van der Waals surface area contributed by atoms with Gasteiger partial charge in [-0.25, -0.2) is 4.57 Å².